The Hall–Kier alpha value is -3.71. The quantitative estimate of drug-likeness (QED) is 0.243. The Morgan fingerprint density at radius 3 is 2.16 bits per heavy atom. The number of fused-ring (bicyclic) bond motifs is 1. The summed E-state index contributed by atoms with van der Waals surface area (Å²) in [6, 6.07) is 3.78. The molecular formula is C20H18O12. The van der Waals surface area contributed by atoms with E-state index in [4.69, 9.17) is 13.9 Å². The molecular weight excluding hydrogens is 432 g/mol. The second kappa shape index (κ2) is 7.76. The van der Waals surface area contributed by atoms with Crippen molar-refractivity contribution in [2.75, 3.05) is 6.61 Å². The highest BCUT2D eigenvalue weighted by Crippen LogP contribution is 2.43. The van der Waals surface area contributed by atoms with Crippen molar-refractivity contribution >= 4 is 11.0 Å². The van der Waals surface area contributed by atoms with Crippen LogP contribution in [0.5, 0.6) is 34.5 Å². The molecule has 170 valence electrons. The molecule has 2 aromatic carbocycles. The molecule has 12 heteroatoms. The summed E-state index contributed by atoms with van der Waals surface area (Å²) in [4.78, 5) is 13.2. The topological polar surface area (TPSA) is 211 Å². The number of aliphatic hydroxyl groups excluding tert-OH is 3. The summed E-state index contributed by atoms with van der Waals surface area (Å²) < 4.78 is 16.3. The fourth-order valence-electron chi connectivity index (χ4n) is 3.38. The van der Waals surface area contributed by atoms with Gasteiger partial charge in [0.05, 0.1) is 6.61 Å². The molecule has 1 aromatic heterocycles. The number of aliphatic hydroxyl groups is 3. The zero-order valence-electron chi connectivity index (χ0n) is 16.0. The third kappa shape index (κ3) is 3.40. The van der Waals surface area contributed by atoms with Crippen LogP contribution < -0.4 is 10.2 Å². The van der Waals surface area contributed by atoms with Crippen molar-refractivity contribution in [1.29, 1.82) is 0 Å². The van der Waals surface area contributed by atoms with E-state index in [1.54, 1.807) is 0 Å². The third-order valence-electron chi connectivity index (χ3n) is 4.98. The minimum Gasteiger partial charge on any atom is -0.508 e. The maximum atomic E-state index is 13.2. The van der Waals surface area contributed by atoms with Gasteiger partial charge in [-0.2, -0.15) is 0 Å². The molecule has 4 atom stereocenters. The van der Waals surface area contributed by atoms with E-state index in [0.717, 1.165) is 24.3 Å². The third-order valence-corrected chi connectivity index (χ3v) is 4.98. The zero-order valence-corrected chi connectivity index (χ0v) is 16.0. The van der Waals surface area contributed by atoms with Crippen LogP contribution in [0.2, 0.25) is 0 Å². The summed E-state index contributed by atoms with van der Waals surface area (Å²) in [6.45, 7) is -0.656. The summed E-state index contributed by atoms with van der Waals surface area (Å²) in [5, 5.41) is 78.1. The highest BCUT2D eigenvalue weighted by atomic mass is 16.7. The molecule has 1 aliphatic heterocycles. The van der Waals surface area contributed by atoms with E-state index in [-0.39, 0.29) is 11.1 Å². The fraction of sp³-hybridized carbons (Fsp3) is 0.250. The number of phenolic OH excluding ortho intramolecular Hbond substituents is 5. The normalized spacial score (nSPS) is 23.0. The summed E-state index contributed by atoms with van der Waals surface area (Å²) in [6.07, 6.45) is -6.06. The zero-order chi connectivity index (χ0) is 23.3. The lowest BCUT2D eigenvalue weighted by Gasteiger charge is -2.19. The molecule has 4 rings (SSSR count). The molecule has 0 unspecified atom stereocenters. The lowest BCUT2D eigenvalue weighted by atomic mass is 10.1. The monoisotopic (exact) mass is 450 g/mol. The smallest absolute Gasteiger partial charge is 0.239 e. The Kier molecular flexibility index (Phi) is 5.22. The maximum Gasteiger partial charge on any atom is 0.239 e. The first-order valence-corrected chi connectivity index (χ1v) is 9.19. The highest BCUT2D eigenvalue weighted by molar-refractivity contribution is 5.88. The van der Waals surface area contributed by atoms with E-state index in [1.165, 1.54) is 0 Å². The Morgan fingerprint density at radius 2 is 1.56 bits per heavy atom. The molecule has 3 aromatic rings. The van der Waals surface area contributed by atoms with Crippen LogP contribution in [0.3, 0.4) is 0 Å². The van der Waals surface area contributed by atoms with Gasteiger partial charge in [0.1, 0.15) is 40.8 Å². The van der Waals surface area contributed by atoms with Gasteiger partial charge in [0, 0.05) is 17.7 Å². The van der Waals surface area contributed by atoms with Crippen LogP contribution >= 0.6 is 0 Å². The predicted molar refractivity (Wildman–Crippen MR) is 105 cm³/mol. The van der Waals surface area contributed by atoms with Gasteiger partial charge >= 0.3 is 0 Å². The van der Waals surface area contributed by atoms with Gasteiger partial charge in [0.25, 0.3) is 0 Å². The first-order chi connectivity index (χ1) is 15.1. The van der Waals surface area contributed by atoms with Gasteiger partial charge in [0.15, 0.2) is 23.0 Å². The minimum atomic E-state index is -1.68. The Bertz CT molecular complexity index is 1230. The molecule has 1 saturated heterocycles. The lowest BCUT2D eigenvalue weighted by Crippen LogP contribution is -2.36. The van der Waals surface area contributed by atoms with Crippen molar-refractivity contribution in [1.82, 2.24) is 0 Å². The first kappa shape index (κ1) is 21.5. The van der Waals surface area contributed by atoms with Crippen LogP contribution in [0.15, 0.2) is 33.5 Å². The Morgan fingerprint density at radius 1 is 0.906 bits per heavy atom. The molecule has 0 amide bonds. The lowest BCUT2D eigenvalue weighted by molar-refractivity contribution is -0.117. The molecule has 1 aliphatic rings. The van der Waals surface area contributed by atoms with Gasteiger partial charge in [0.2, 0.25) is 17.5 Å². The molecule has 0 radical (unpaired) electrons. The number of benzene rings is 2. The second-order valence-corrected chi connectivity index (χ2v) is 7.12. The number of aromatic hydroxyl groups is 5. The number of hydrogen-bond acceptors (Lipinski definition) is 12. The summed E-state index contributed by atoms with van der Waals surface area (Å²) in [7, 11) is 0. The number of rotatable bonds is 4. The van der Waals surface area contributed by atoms with Gasteiger partial charge < -0.3 is 54.7 Å². The van der Waals surface area contributed by atoms with Crippen molar-refractivity contribution in [2.24, 2.45) is 0 Å². The molecule has 0 bridgehead atoms. The van der Waals surface area contributed by atoms with Crippen molar-refractivity contribution < 1.29 is 54.7 Å². The molecule has 0 aliphatic carbocycles. The van der Waals surface area contributed by atoms with Crippen LogP contribution in [0.4, 0.5) is 0 Å². The fourth-order valence-corrected chi connectivity index (χ4v) is 3.38. The van der Waals surface area contributed by atoms with Crippen molar-refractivity contribution in [3.8, 4) is 45.8 Å². The van der Waals surface area contributed by atoms with Gasteiger partial charge in [-0.05, 0) is 12.1 Å². The average molecular weight is 450 g/mol. The van der Waals surface area contributed by atoms with Gasteiger partial charge in [-0.15, -0.1) is 0 Å². The maximum absolute atomic E-state index is 13.2. The largest absolute Gasteiger partial charge is 0.508 e. The van der Waals surface area contributed by atoms with Gasteiger partial charge in [-0.25, -0.2) is 0 Å². The van der Waals surface area contributed by atoms with Gasteiger partial charge in [-0.3, -0.25) is 4.79 Å². The molecule has 0 saturated carbocycles. The highest BCUT2D eigenvalue weighted by Gasteiger charge is 2.44. The van der Waals surface area contributed by atoms with Crippen LogP contribution in [0.1, 0.15) is 0 Å². The van der Waals surface area contributed by atoms with E-state index < -0.39 is 82.3 Å². The van der Waals surface area contributed by atoms with E-state index in [1.807, 2.05) is 0 Å². The molecule has 12 nitrogen and oxygen atoms in total. The van der Waals surface area contributed by atoms with Crippen LogP contribution in [-0.4, -0.2) is 72.1 Å². The van der Waals surface area contributed by atoms with Gasteiger partial charge in [-0.1, -0.05) is 0 Å². The SMILES string of the molecule is O=c1c(O[C@@H]2O[C@@H](CO)[C@H](O)[C@H]2O)c(-c2cc(O)c(O)c(O)c2)oc2cc(O)cc(O)c12. The molecule has 8 N–H and O–H groups in total. The standard InChI is InChI=1S/C20H18O12/c21-5-12-15(27)17(29)20(31-12)32-19-16(28)13-8(23)3-7(22)4-11(13)30-18(19)6-1-9(24)14(26)10(25)2-6/h1-4,12,15,17,20-27,29H,5H2/t12-,15-,17+,20-/m0/s1. The van der Waals surface area contributed by atoms with E-state index in [9.17, 15) is 45.6 Å². The molecule has 1 fully saturated rings. The summed E-state index contributed by atoms with van der Waals surface area (Å²) in [5.41, 5.74) is -1.44. The van der Waals surface area contributed by atoms with E-state index in [2.05, 4.69) is 0 Å². The molecule has 32 heavy (non-hydrogen) atoms. The number of ether oxygens (including phenoxy) is 2. The van der Waals surface area contributed by atoms with Crippen LogP contribution in [0.25, 0.3) is 22.3 Å². The van der Waals surface area contributed by atoms with Crippen molar-refractivity contribution in [3.63, 3.8) is 0 Å². The predicted octanol–water partition coefficient (Wildman–Crippen LogP) is -0.194. The van der Waals surface area contributed by atoms with Crippen molar-refractivity contribution in [2.45, 2.75) is 24.6 Å². The summed E-state index contributed by atoms with van der Waals surface area (Å²) >= 11 is 0. The van der Waals surface area contributed by atoms with Crippen LogP contribution in [0, 0.1) is 0 Å². The second-order valence-electron chi connectivity index (χ2n) is 7.12. The first-order valence-electron chi connectivity index (χ1n) is 9.19. The van der Waals surface area contributed by atoms with Crippen LogP contribution in [-0.2, 0) is 4.74 Å². The van der Waals surface area contributed by atoms with Crippen molar-refractivity contribution in [3.05, 3.63) is 34.5 Å². The Balaban J connectivity index is 1.95. The molecule has 0 spiro atoms. The number of phenols is 5. The molecule has 2 heterocycles. The summed E-state index contributed by atoms with van der Waals surface area (Å²) in [5.74, 6) is -4.53. The average Bonchev–Trinajstić information content (AvgIpc) is 3.00. The minimum absolute atomic E-state index is 0.165. The van der Waals surface area contributed by atoms with E-state index in [0.29, 0.717) is 0 Å². The Labute approximate surface area is 178 Å². The number of hydrogen-bond donors (Lipinski definition) is 8. The van der Waals surface area contributed by atoms with E-state index >= 15 is 0 Å².